The van der Waals surface area contributed by atoms with Gasteiger partial charge in [0, 0.05) is 18.3 Å². The summed E-state index contributed by atoms with van der Waals surface area (Å²) in [5.41, 5.74) is 2.01. The highest BCUT2D eigenvalue weighted by Crippen LogP contribution is 2.16. The number of aromatic carboxylic acids is 1. The molecule has 1 aromatic rings. The Labute approximate surface area is 102 Å². The standard InChI is InChI=1S/C13H19NO3/c1-4-17-8-10(3)14-11-5-6-12(13(15)16)9(2)7-11/h5-7,10,14H,4,8H2,1-3H3,(H,15,16). The van der Waals surface area contributed by atoms with Crippen molar-refractivity contribution in [2.45, 2.75) is 26.8 Å². The van der Waals surface area contributed by atoms with Gasteiger partial charge in [0.2, 0.25) is 0 Å². The van der Waals surface area contributed by atoms with Gasteiger partial charge in [0.25, 0.3) is 0 Å². The highest BCUT2D eigenvalue weighted by atomic mass is 16.5. The second-order valence-electron chi connectivity index (χ2n) is 4.04. The molecule has 0 aliphatic carbocycles. The molecule has 0 aliphatic rings. The number of rotatable bonds is 6. The van der Waals surface area contributed by atoms with Crippen molar-refractivity contribution >= 4 is 11.7 Å². The average Bonchev–Trinajstić information content (AvgIpc) is 2.26. The highest BCUT2D eigenvalue weighted by molar-refractivity contribution is 5.89. The van der Waals surface area contributed by atoms with Gasteiger partial charge in [-0.25, -0.2) is 4.79 Å². The SMILES string of the molecule is CCOCC(C)Nc1ccc(C(=O)O)c(C)c1. The van der Waals surface area contributed by atoms with Gasteiger partial charge in [-0.1, -0.05) is 0 Å². The number of carboxylic acids is 1. The van der Waals surface area contributed by atoms with E-state index in [1.807, 2.05) is 19.9 Å². The molecule has 0 spiro atoms. The lowest BCUT2D eigenvalue weighted by Gasteiger charge is -2.15. The molecule has 4 heteroatoms. The van der Waals surface area contributed by atoms with Crippen LogP contribution in [0, 0.1) is 6.92 Å². The van der Waals surface area contributed by atoms with E-state index in [9.17, 15) is 4.79 Å². The van der Waals surface area contributed by atoms with Crippen molar-refractivity contribution in [3.05, 3.63) is 29.3 Å². The van der Waals surface area contributed by atoms with Crippen LogP contribution in [0.15, 0.2) is 18.2 Å². The fourth-order valence-electron chi connectivity index (χ4n) is 1.61. The van der Waals surface area contributed by atoms with Crippen molar-refractivity contribution in [2.24, 2.45) is 0 Å². The zero-order valence-electron chi connectivity index (χ0n) is 10.5. The number of hydrogen-bond donors (Lipinski definition) is 2. The Morgan fingerprint density at radius 1 is 1.53 bits per heavy atom. The van der Waals surface area contributed by atoms with Gasteiger partial charge in [0.15, 0.2) is 0 Å². The van der Waals surface area contributed by atoms with E-state index in [0.717, 1.165) is 11.3 Å². The van der Waals surface area contributed by atoms with E-state index in [1.54, 1.807) is 19.1 Å². The van der Waals surface area contributed by atoms with E-state index in [2.05, 4.69) is 5.32 Å². The Hall–Kier alpha value is -1.55. The number of carboxylic acid groups (broad SMARTS) is 1. The van der Waals surface area contributed by atoms with Gasteiger partial charge < -0.3 is 15.2 Å². The van der Waals surface area contributed by atoms with Gasteiger partial charge in [-0.2, -0.15) is 0 Å². The third-order valence-electron chi connectivity index (χ3n) is 2.44. The van der Waals surface area contributed by atoms with Crippen LogP contribution in [0.5, 0.6) is 0 Å². The predicted octanol–water partition coefficient (Wildman–Crippen LogP) is 2.53. The molecule has 0 bridgehead atoms. The minimum Gasteiger partial charge on any atom is -0.478 e. The summed E-state index contributed by atoms with van der Waals surface area (Å²) in [6.07, 6.45) is 0. The van der Waals surface area contributed by atoms with Crippen LogP contribution in [0.25, 0.3) is 0 Å². The van der Waals surface area contributed by atoms with Crippen LogP contribution in [-0.4, -0.2) is 30.3 Å². The number of hydrogen-bond acceptors (Lipinski definition) is 3. The van der Waals surface area contributed by atoms with Crippen LogP contribution in [0.2, 0.25) is 0 Å². The molecule has 0 radical (unpaired) electrons. The molecule has 0 saturated heterocycles. The molecule has 94 valence electrons. The number of aryl methyl sites for hydroxylation is 1. The van der Waals surface area contributed by atoms with Crippen molar-refractivity contribution in [1.29, 1.82) is 0 Å². The molecule has 0 aromatic heterocycles. The summed E-state index contributed by atoms with van der Waals surface area (Å²) in [7, 11) is 0. The minimum absolute atomic E-state index is 0.199. The smallest absolute Gasteiger partial charge is 0.335 e. The summed E-state index contributed by atoms with van der Waals surface area (Å²) in [4.78, 5) is 10.9. The van der Waals surface area contributed by atoms with Crippen LogP contribution < -0.4 is 5.32 Å². The van der Waals surface area contributed by atoms with Gasteiger partial charge in [0.1, 0.15) is 0 Å². The van der Waals surface area contributed by atoms with Crippen molar-refractivity contribution < 1.29 is 14.6 Å². The first-order chi connectivity index (χ1) is 8.04. The molecule has 0 saturated carbocycles. The summed E-state index contributed by atoms with van der Waals surface area (Å²) in [5.74, 6) is -0.892. The lowest BCUT2D eigenvalue weighted by atomic mass is 10.1. The van der Waals surface area contributed by atoms with Crippen LogP contribution in [0.3, 0.4) is 0 Å². The number of nitrogens with one attached hydrogen (secondary N) is 1. The average molecular weight is 237 g/mol. The maximum atomic E-state index is 10.9. The molecule has 1 aromatic carbocycles. The van der Waals surface area contributed by atoms with Gasteiger partial charge in [-0.05, 0) is 44.5 Å². The van der Waals surface area contributed by atoms with E-state index in [0.29, 0.717) is 18.8 Å². The minimum atomic E-state index is -0.892. The summed E-state index contributed by atoms with van der Waals surface area (Å²) < 4.78 is 5.30. The summed E-state index contributed by atoms with van der Waals surface area (Å²) in [6.45, 7) is 7.11. The number of ether oxygens (including phenoxy) is 1. The van der Waals surface area contributed by atoms with Crippen LogP contribution in [-0.2, 0) is 4.74 Å². The number of anilines is 1. The molecule has 4 nitrogen and oxygen atoms in total. The quantitative estimate of drug-likeness (QED) is 0.798. The summed E-state index contributed by atoms with van der Waals surface area (Å²) >= 11 is 0. The second-order valence-corrected chi connectivity index (χ2v) is 4.04. The maximum absolute atomic E-state index is 10.9. The van der Waals surface area contributed by atoms with Crippen LogP contribution >= 0.6 is 0 Å². The maximum Gasteiger partial charge on any atom is 0.335 e. The zero-order valence-corrected chi connectivity index (χ0v) is 10.5. The molecule has 0 amide bonds. The van der Waals surface area contributed by atoms with Crippen LogP contribution in [0.1, 0.15) is 29.8 Å². The molecule has 1 rings (SSSR count). The monoisotopic (exact) mass is 237 g/mol. The van der Waals surface area contributed by atoms with Gasteiger partial charge >= 0.3 is 5.97 Å². The molecule has 0 aliphatic heterocycles. The Balaban J connectivity index is 2.67. The van der Waals surface area contributed by atoms with Crippen molar-refractivity contribution in [3.8, 4) is 0 Å². The van der Waals surface area contributed by atoms with E-state index < -0.39 is 5.97 Å². The van der Waals surface area contributed by atoms with E-state index in [1.165, 1.54) is 0 Å². The topological polar surface area (TPSA) is 58.6 Å². The molecule has 0 fully saturated rings. The fraction of sp³-hybridized carbons (Fsp3) is 0.462. The van der Waals surface area contributed by atoms with Crippen molar-refractivity contribution in [3.63, 3.8) is 0 Å². The Morgan fingerprint density at radius 3 is 2.76 bits per heavy atom. The predicted molar refractivity (Wildman–Crippen MR) is 67.7 cm³/mol. The van der Waals surface area contributed by atoms with Gasteiger partial charge in [0.05, 0.1) is 12.2 Å². The molecular formula is C13H19NO3. The third-order valence-corrected chi connectivity index (χ3v) is 2.44. The van der Waals surface area contributed by atoms with Crippen molar-refractivity contribution in [1.82, 2.24) is 0 Å². The first kappa shape index (κ1) is 13.5. The first-order valence-electron chi connectivity index (χ1n) is 5.72. The third kappa shape index (κ3) is 4.07. The van der Waals surface area contributed by atoms with E-state index in [4.69, 9.17) is 9.84 Å². The Kier molecular flexibility index (Phi) is 4.97. The van der Waals surface area contributed by atoms with E-state index >= 15 is 0 Å². The molecule has 1 atom stereocenters. The number of benzene rings is 1. The molecule has 0 heterocycles. The fourth-order valence-corrected chi connectivity index (χ4v) is 1.61. The largest absolute Gasteiger partial charge is 0.478 e. The molecule has 17 heavy (non-hydrogen) atoms. The second kappa shape index (κ2) is 6.25. The summed E-state index contributed by atoms with van der Waals surface area (Å²) in [6, 6.07) is 5.43. The molecule has 1 unspecified atom stereocenters. The highest BCUT2D eigenvalue weighted by Gasteiger charge is 2.08. The molecular weight excluding hydrogens is 218 g/mol. The normalized spacial score (nSPS) is 12.2. The Bertz CT molecular complexity index is 390. The lowest BCUT2D eigenvalue weighted by Crippen LogP contribution is -2.21. The van der Waals surface area contributed by atoms with Crippen LogP contribution in [0.4, 0.5) is 5.69 Å². The Morgan fingerprint density at radius 2 is 2.24 bits per heavy atom. The summed E-state index contributed by atoms with van der Waals surface area (Å²) in [5, 5.41) is 12.2. The van der Waals surface area contributed by atoms with Gasteiger partial charge in [-0.3, -0.25) is 0 Å². The lowest BCUT2D eigenvalue weighted by molar-refractivity contribution is 0.0696. The van der Waals surface area contributed by atoms with Gasteiger partial charge in [-0.15, -0.1) is 0 Å². The number of carbonyl (C=O) groups is 1. The zero-order chi connectivity index (χ0) is 12.8. The first-order valence-corrected chi connectivity index (χ1v) is 5.72. The van der Waals surface area contributed by atoms with E-state index in [-0.39, 0.29) is 6.04 Å². The molecule has 2 N–H and O–H groups in total. The van der Waals surface area contributed by atoms with Crippen molar-refractivity contribution in [2.75, 3.05) is 18.5 Å².